The predicted octanol–water partition coefficient (Wildman–Crippen LogP) is 2.01. The molecule has 5 nitrogen and oxygen atoms in total. The summed E-state index contributed by atoms with van der Waals surface area (Å²) >= 11 is 5.87. The number of likely N-dealkylation sites (tertiary alicyclic amines) is 1. The average molecular weight is 285 g/mol. The van der Waals surface area contributed by atoms with Crippen molar-refractivity contribution < 1.29 is 14.7 Å². The predicted molar refractivity (Wildman–Crippen MR) is 71.3 cm³/mol. The van der Waals surface area contributed by atoms with Gasteiger partial charge in [-0.3, -0.25) is 9.59 Å². The van der Waals surface area contributed by atoms with Crippen molar-refractivity contribution in [2.24, 2.45) is 12.5 Å². The summed E-state index contributed by atoms with van der Waals surface area (Å²) in [5, 5.41) is 9.69. The molecule has 2 heterocycles. The van der Waals surface area contributed by atoms with E-state index in [1.807, 2.05) is 0 Å². The summed E-state index contributed by atoms with van der Waals surface area (Å²) in [7, 11) is 1.77. The number of aromatic nitrogens is 1. The molecule has 104 valence electrons. The number of carbonyl (C=O) groups is 2. The molecule has 19 heavy (non-hydrogen) atoms. The van der Waals surface area contributed by atoms with Gasteiger partial charge in [0, 0.05) is 26.3 Å². The maximum absolute atomic E-state index is 12.3. The van der Waals surface area contributed by atoms with Crippen LogP contribution >= 0.6 is 11.6 Å². The van der Waals surface area contributed by atoms with Crippen LogP contribution in [0.1, 0.15) is 30.3 Å². The normalized spacial score (nSPS) is 18.4. The minimum atomic E-state index is -0.790. The summed E-state index contributed by atoms with van der Waals surface area (Å²) in [5.74, 6) is -0.886. The van der Waals surface area contributed by atoms with Crippen LogP contribution in [0.2, 0.25) is 5.02 Å². The van der Waals surface area contributed by atoms with Crippen LogP contribution < -0.4 is 0 Å². The third-order valence-electron chi connectivity index (χ3n) is 3.86. The van der Waals surface area contributed by atoms with Gasteiger partial charge in [-0.2, -0.15) is 0 Å². The van der Waals surface area contributed by atoms with Gasteiger partial charge in [-0.05, 0) is 25.8 Å². The number of aliphatic carboxylic acids is 1. The SMILES string of the molecule is Cn1cc(Cl)cc1C(=O)N1CCC(C)(C(=O)O)CC1. The number of hydrogen-bond donors (Lipinski definition) is 1. The van der Waals surface area contributed by atoms with Gasteiger partial charge in [-0.1, -0.05) is 11.6 Å². The van der Waals surface area contributed by atoms with Crippen molar-refractivity contribution in [1.29, 1.82) is 0 Å². The van der Waals surface area contributed by atoms with E-state index < -0.39 is 11.4 Å². The number of piperidine rings is 1. The van der Waals surface area contributed by atoms with Gasteiger partial charge < -0.3 is 14.6 Å². The molecule has 1 aromatic heterocycles. The van der Waals surface area contributed by atoms with Gasteiger partial charge in [0.15, 0.2) is 0 Å². The van der Waals surface area contributed by atoms with Crippen LogP contribution in [0.3, 0.4) is 0 Å². The van der Waals surface area contributed by atoms with Gasteiger partial charge in [0.2, 0.25) is 0 Å². The van der Waals surface area contributed by atoms with Crippen molar-refractivity contribution in [1.82, 2.24) is 9.47 Å². The Balaban J connectivity index is 2.08. The van der Waals surface area contributed by atoms with E-state index in [-0.39, 0.29) is 5.91 Å². The van der Waals surface area contributed by atoms with E-state index >= 15 is 0 Å². The van der Waals surface area contributed by atoms with Crippen molar-refractivity contribution >= 4 is 23.5 Å². The lowest BCUT2D eigenvalue weighted by Crippen LogP contribution is -2.45. The molecule has 0 bridgehead atoms. The third kappa shape index (κ3) is 2.61. The molecule has 1 fully saturated rings. The molecular weight excluding hydrogens is 268 g/mol. The van der Waals surface area contributed by atoms with Crippen molar-refractivity contribution in [3.05, 3.63) is 23.0 Å². The zero-order valence-corrected chi connectivity index (χ0v) is 11.8. The Morgan fingerprint density at radius 1 is 1.37 bits per heavy atom. The largest absolute Gasteiger partial charge is 0.481 e. The van der Waals surface area contributed by atoms with Crippen molar-refractivity contribution in [2.45, 2.75) is 19.8 Å². The number of amides is 1. The van der Waals surface area contributed by atoms with Crippen LogP contribution in [-0.4, -0.2) is 39.5 Å². The lowest BCUT2D eigenvalue weighted by molar-refractivity contribution is -0.150. The number of rotatable bonds is 2. The quantitative estimate of drug-likeness (QED) is 0.903. The molecule has 1 aliphatic heterocycles. The zero-order chi connectivity index (χ0) is 14.2. The lowest BCUT2D eigenvalue weighted by Gasteiger charge is -2.36. The van der Waals surface area contributed by atoms with Gasteiger partial charge in [0.1, 0.15) is 5.69 Å². The highest BCUT2D eigenvalue weighted by atomic mass is 35.5. The second-order valence-corrected chi connectivity index (χ2v) is 5.75. The first kappa shape index (κ1) is 13.9. The number of halogens is 1. The summed E-state index contributed by atoms with van der Waals surface area (Å²) in [6, 6.07) is 1.63. The second-order valence-electron chi connectivity index (χ2n) is 5.31. The Bertz CT molecular complexity index is 516. The number of nitrogens with zero attached hydrogens (tertiary/aromatic N) is 2. The maximum Gasteiger partial charge on any atom is 0.309 e. The Hall–Kier alpha value is -1.49. The maximum atomic E-state index is 12.3. The average Bonchev–Trinajstić information content (AvgIpc) is 2.68. The summed E-state index contributed by atoms with van der Waals surface area (Å²) in [6.45, 7) is 2.66. The van der Waals surface area contributed by atoms with Crippen LogP contribution in [0.15, 0.2) is 12.3 Å². The fourth-order valence-corrected chi connectivity index (χ4v) is 2.57. The van der Waals surface area contributed by atoms with Crippen LogP contribution in [0.5, 0.6) is 0 Å². The minimum Gasteiger partial charge on any atom is -0.481 e. The molecule has 0 radical (unpaired) electrons. The number of aryl methyl sites for hydroxylation is 1. The van der Waals surface area contributed by atoms with Gasteiger partial charge in [-0.15, -0.1) is 0 Å². The molecule has 6 heteroatoms. The number of carbonyl (C=O) groups excluding carboxylic acids is 1. The van der Waals surface area contributed by atoms with Gasteiger partial charge in [0.25, 0.3) is 5.91 Å². The molecule has 0 spiro atoms. The Labute approximate surface area is 116 Å². The van der Waals surface area contributed by atoms with Gasteiger partial charge >= 0.3 is 5.97 Å². The second kappa shape index (κ2) is 4.89. The zero-order valence-electron chi connectivity index (χ0n) is 11.0. The molecule has 1 aliphatic rings. The highest BCUT2D eigenvalue weighted by Gasteiger charge is 2.38. The van der Waals surface area contributed by atoms with E-state index in [1.165, 1.54) is 0 Å². The van der Waals surface area contributed by atoms with E-state index in [0.717, 1.165) is 0 Å². The molecule has 1 aromatic rings. The molecule has 0 aliphatic carbocycles. The van der Waals surface area contributed by atoms with Crippen LogP contribution in [0, 0.1) is 5.41 Å². The standard InChI is InChI=1S/C13H17ClN2O3/c1-13(12(18)19)3-5-16(6-4-13)11(17)10-7-9(14)8-15(10)2/h7-8H,3-6H2,1-2H3,(H,18,19). The molecule has 0 saturated carbocycles. The van der Waals surface area contributed by atoms with E-state index in [9.17, 15) is 9.59 Å². The Kier molecular flexibility index (Phi) is 3.58. The molecule has 1 N–H and O–H groups in total. The van der Waals surface area contributed by atoms with E-state index in [4.69, 9.17) is 16.7 Å². The molecule has 0 atom stereocenters. The summed E-state index contributed by atoms with van der Waals surface area (Å²) in [5.41, 5.74) is -0.188. The molecule has 1 saturated heterocycles. The van der Waals surface area contributed by atoms with Crippen molar-refractivity contribution in [3.8, 4) is 0 Å². The summed E-state index contributed by atoms with van der Waals surface area (Å²) < 4.78 is 1.69. The molecular formula is C13H17ClN2O3. The molecule has 0 aromatic carbocycles. The first-order valence-corrected chi connectivity index (χ1v) is 6.56. The van der Waals surface area contributed by atoms with Gasteiger partial charge in [-0.25, -0.2) is 0 Å². The number of hydrogen-bond acceptors (Lipinski definition) is 2. The van der Waals surface area contributed by atoms with Gasteiger partial charge in [0.05, 0.1) is 10.4 Å². The highest BCUT2D eigenvalue weighted by Crippen LogP contribution is 2.31. The first-order chi connectivity index (χ1) is 8.83. The van der Waals surface area contributed by atoms with E-state index in [0.29, 0.717) is 36.6 Å². The fourth-order valence-electron chi connectivity index (χ4n) is 2.32. The third-order valence-corrected chi connectivity index (χ3v) is 4.07. The van der Waals surface area contributed by atoms with Crippen molar-refractivity contribution in [3.63, 3.8) is 0 Å². The van der Waals surface area contributed by atoms with Crippen LogP contribution in [-0.2, 0) is 11.8 Å². The monoisotopic (exact) mass is 284 g/mol. The smallest absolute Gasteiger partial charge is 0.309 e. The van der Waals surface area contributed by atoms with Crippen LogP contribution in [0.4, 0.5) is 0 Å². The highest BCUT2D eigenvalue weighted by molar-refractivity contribution is 6.31. The number of carboxylic acid groups (broad SMARTS) is 1. The Morgan fingerprint density at radius 2 is 1.95 bits per heavy atom. The molecule has 2 rings (SSSR count). The van der Waals surface area contributed by atoms with Crippen LogP contribution in [0.25, 0.3) is 0 Å². The topological polar surface area (TPSA) is 62.5 Å². The van der Waals surface area contributed by atoms with E-state index in [2.05, 4.69) is 0 Å². The Morgan fingerprint density at radius 3 is 2.37 bits per heavy atom. The molecule has 1 amide bonds. The lowest BCUT2D eigenvalue weighted by atomic mass is 9.80. The first-order valence-electron chi connectivity index (χ1n) is 6.18. The summed E-state index contributed by atoms with van der Waals surface area (Å²) in [6.07, 6.45) is 2.64. The number of carboxylic acids is 1. The van der Waals surface area contributed by atoms with E-state index in [1.54, 1.807) is 35.7 Å². The van der Waals surface area contributed by atoms with Crippen molar-refractivity contribution in [2.75, 3.05) is 13.1 Å². The molecule has 0 unspecified atom stereocenters. The summed E-state index contributed by atoms with van der Waals surface area (Å²) in [4.78, 5) is 25.2. The minimum absolute atomic E-state index is 0.0955. The fraction of sp³-hybridized carbons (Fsp3) is 0.538.